The lowest BCUT2D eigenvalue weighted by molar-refractivity contribution is -0.175. The SMILES string of the molecule is CC(C)(C)OC(=O)CCc1cc(OC(=O)c2ccc(NC(=N)N)cc2)cc(C2=NOC(CC(=O)OC(C)(C)C)(C(=O)O)C2)c1. The standard InChI is InChI=1S/C31H38N4O9/c1-29(2,3)42-24(36)12-7-18-13-20(23-16-31(27(39)40,44-35-23)17-25(37)43-30(4,5)6)15-22(14-18)41-26(38)19-8-10-21(11-9-19)34-28(32)33/h8-11,13-15H,7,12,16-17H2,1-6H3,(H,39,40)(H4,32,33,34). The zero-order chi connectivity index (χ0) is 32.9. The Balaban J connectivity index is 1.88. The first kappa shape index (κ1) is 33.6. The normalized spacial score (nSPS) is 16.3. The van der Waals surface area contributed by atoms with Crippen molar-refractivity contribution in [2.75, 3.05) is 5.32 Å². The molecule has 0 fully saturated rings. The van der Waals surface area contributed by atoms with Crippen molar-refractivity contribution >= 4 is 41.2 Å². The van der Waals surface area contributed by atoms with E-state index in [4.69, 9.17) is 30.2 Å². The Bertz CT molecular complexity index is 1470. The topological polar surface area (TPSA) is 200 Å². The zero-order valence-corrected chi connectivity index (χ0v) is 25.6. The maximum absolute atomic E-state index is 13.0. The summed E-state index contributed by atoms with van der Waals surface area (Å²) in [6.07, 6.45) is -0.607. The van der Waals surface area contributed by atoms with Crippen LogP contribution in [-0.4, -0.2) is 57.5 Å². The summed E-state index contributed by atoms with van der Waals surface area (Å²) in [6, 6.07) is 10.9. The predicted octanol–water partition coefficient (Wildman–Crippen LogP) is 4.17. The molecule has 2 aromatic carbocycles. The molecule has 1 atom stereocenters. The number of carboxylic acids is 1. The second kappa shape index (κ2) is 13.1. The van der Waals surface area contributed by atoms with Gasteiger partial charge in [0.1, 0.15) is 17.0 Å². The number of nitrogens with one attached hydrogen (secondary N) is 2. The molecule has 13 heteroatoms. The van der Waals surface area contributed by atoms with E-state index in [1.807, 2.05) is 0 Å². The van der Waals surface area contributed by atoms with Crippen molar-refractivity contribution in [1.82, 2.24) is 0 Å². The number of guanidine groups is 1. The number of aliphatic carboxylic acids is 1. The van der Waals surface area contributed by atoms with Crippen LogP contribution in [0.15, 0.2) is 47.6 Å². The lowest BCUT2D eigenvalue weighted by Gasteiger charge is -2.24. The van der Waals surface area contributed by atoms with E-state index < -0.39 is 47.1 Å². The quantitative estimate of drug-likeness (QED) is 0.130. The van der Waals surface area contributed by atoms with Crippen LogP contribution in [0.2, 0.25) is 0 Å². The van der Waals surface area contributed by atoms with Gasteiger partial charge >= 0.3 is 23.9 Å². The molecule has 0 aliphatic carbocycles. The lowest BCUT2D eigenvalue weighted by Crippen LogP contribution is -2.42. The number of nitrogens with zero attached hydrogens (tertiary/aromatic N) is 1. The number of carbonyl (C=O) groups excluding carboxylic acids is 3. The third-order valence-corrected chi connectivity index (χ3v) is 5.97. The first-order valence-corrected chi connectivity index (χ1v) is 13.8. The summed E-state index contributed by atoms with van der Waals surface area (Å²) in [5.41, 5.74) is 3.73. The number of carbonyl (C=O) groups is 4. The van der Waals surface area contributed by atoms with Gasteiger partial charge in [-0.25, -0.2) is 9.59 Å². The second-order valence-electron chi connectivity index (χ2n) is 12.3. The number of esters is 3. The molecule has 0 radical (unpaired) electrons. The Morgan fingerprint density at radius 3 is 2.18 bits per heavy atom. The minimum Gasteiger partial charge on any atom is -0.478 e. The molecular formula is C31H38N4O9. The summed E-state index contributed by atoms with van der Waals surface area (Å²) in [5.74, 6) is -3.42. The molecule has 44 heavy (non-hydrogen) atoms. The maximum Gasteiger partial charge on any atom is 0.351 e. The van der Waals surface area contributed by atoms with E-state index in [1.165, 1.54) is 18.2 Å². The second-order valence-corrected chi connectivity index (χ2v) is 12.3. The van der Waals surface area contributed by atoms with Crippen molar-refractivity contribution in [2.24, 2.45) is 10.9 Å². The van der Waals surface area contributed by atoms with E-state index in [-0.39, 0.29) is 42.2 Å². The molecule has 1 heterocycles. The molecule has 0 spiro atoms. The zero-order valence-electron chi connectivity index (χ0n) is 25.6. The Morgan fingerprint density at radius 2 is 1.61 bits per heavy atom. The number of carboxylic acid groups (broad SMARTS) is 1. The van der Waals surface area contributed by atoms with Crippen LogP contribution in [0.25, 0.3) is 0 Å². The summed E-state index contributed by atoms with van der Waals surface area (Å²) in [7, 11) is 0. The summed E-state index contributed by atoms with van der Waals surface area (Å²) in [5, 5.41) is 23.9. The third kappa shape index (κ3) is 9.82. The lowest BCUT2D eigenvalue weighted by atomic mass is 9.90. The molecule has 236 valence electrons. The fraction of sp³-hybridized carbons (Fsp3) is 0.419. The van der Waals surface area contributed by atoms with Crippen molar-refractivity contribution in [3.05, 3.63) is 59.2 Å². The molecule has 0 saturated heterocycles. The Morgan fingerprint density at radius 1 is 1.00 bits per heavy atom. The number of benzene rings is 2. The molecule has 3 rings (SSSR count). The number of hydrogen-bond acceptors (Lipinski definition) is 10. The van der Waals surface area contributed by atoms with Gasteiger partial charge in [0.25, 0.3) is 0 Å². The number of aryl methyl sites for hydroxylation is 1. The summed E-state index contributed by atoms with van der Waals surface area (Å²) >= 11 is 0. The Labute approximate surface area is 255 Å². The fourth-order valence-electron chi connectivity index (χ4n) is 4.21. The molecule has 1 aliphatic heterocycles. The van der Waals surface area contributed by atoms with Crippen LogP contribution in [0.3, 0.4) is 0 Å². The highest BCUT2D eigenvalue weighted by molar-refractivity contribution is 6.06. The van der Waals surface area contributed by atoms with E-state index in [1.54, 1.807) is 65.8 Å². The highest BCUT2D eigenvalue weighted by atomic mass is 16.7. The number of rotatable bonds is 10. The van der Waals surface area contributed by atoms with Gasteiger partial charge in [-0.05, 0) is 96.0 Å². The summed E-state index contributed by atoms with van der Waals surface area (Å²) < 4.78 is 16.3. The number of ether oxygens (including phenoxy) is 3. The number of anilines is 1. The Kier molecular flexibility index (Phi) is 10.0. The van der Waals surface area contributed by atoms with E-state index >= 15 is 0 Å². The van der Waals surface area contributed by atoms with Crippen LogP contribution >= 0.6 is 0 Å². The van der Waals surface area contributed by atoms with Gasteiger partial charge in [0.15, 0.2) is 5.96 Å². The highest BCUT2D eigenvalue weighted by Crippen LogP contribution is 2.33. The molecular weight excluding hydrogens is 572 g/mol. The summed E-state index contributed by atoms with van der Waals surface area (Å²) in [6.45, 7) is 10.3. The fourth-order valence-corrected chi connectivity index (χ4v) is 4.21. The average molecular weight is 611 g/mol. The van der Waals surface area contributed by atoms with Crippen LogP contribution in [0, 0.1) is 5.41 Å². The molecule has 5 N–H and O–H groups in total. The number of hydrogen-bond donors (Lipinski definition) is 4. The molecule has 2 aromatic rings. The van der Waals surface area contributed by atoms with Gasteiger partial charge < -0.3 is 35.2 Å². The molecule has 0 aromatic heterocycles. The van der Waals surface area contributed by atoms with Crippen LogP contribution in [-0.2, 0) is 35.1 Å². The van der Waals surface area contributed by atoms with Crippen LogP contribution < -0.4 is 15.8 Å². The van der Waals surface area contributed by atoms with Crippen molar-refractivity contribution in [3.63, 3.8) is 0 Å². The predicted molar refractivity (Wildman–Crippen MR) is 161 cm³/mol. The van der Waals surface area contributed by atoms with Crippen LogP contribution in [0.5, 0.6) is 5.75 Å². The highest BCUT2D eigenvalue weighted by Gasteiger charge is 2.50. The molecule has 0 bridgehead atoms. The molecule has 1 aliphatic rings. The molecule has 1 unspecified atom stereocenters. The van der Waals surface area contributed by atoms with Crippen molar-refractivity contribution < 1.29 is 43.3 Å². The van der Waals surface area contributed by atoms with Gasteiger partial charge in [-0.15, -0.1) is 0 Å². The molecule has 0 saturated carbocycles. The summed E-state index contributed by atoms with van der Waals surface area (Å²) in [4.78, 5) is 55.5. The van der Waals surface area contributed by atoms with Gasteiger partial charge in [-0.2, -0.15) is 0 Å². The van der Waals surface area contributed by atoms with E-state index in [0.717, 1.165) is 0 Å². The van der Waals surface area contributed by atoms with Crippen molar-refractivity contribution in [2.45, 2.75) is 84.0 Å². The van der Waals surface area contributed by atoms with Gasteiger partial charge in [0, 0.05) is 24.1 Å². The average Bonchev–Trinajstić information content (AvgIpc) is 3.30. The maximum atomic E-state index is 13.0. The van der Waals surface area contributed by atoms with Gasteiger partial charge in [-0.3, -0.25) is 15.0 Å². The van der Waals surface area contributed by atoms with Gasteiger partial charge in [-0.1, -0.05) is 5.16 Å². The minimum absolute atomic E-state index is 0.0272. The van der Waals surface area contributed by atoms with Gasteiger partial charge in [0.2, 0.25) is 5.60 Å². The van der Waals surface area contributed by atoms with Gasteiger partial charge in [0.05, 0.1) is 17.7 Å². The van der Waals surface area contributed by atoms with E-state index in [0.29, 0.717) is 16.8 Å². The first-order chi connectivity index (χ1) is 20.3. The van der Waals surface area contributed by atoms with E-state index in [9.17, 15) is 24.3 Å². The number of nitrogens with two attached hydrogens (primary N) is 1. The minimum atomic E-state index is -1.99. The van der Waals surface area contributed by atoms with Crippen LogP contribution in [0.4, 0.5) is 5.69 Å². The Hall–Kier alpha value is -4.94. The van der Waals surface area contributed by atoms with Crippen molar-refractivity contribution in [1.29, 1.82) is 5.41 Å². The monoisotopic (exact) mass is 610 g/mol. The largest absolute Gasteiger partial charge is 0.478 e. The van der Waals surface area contributed by atoms with E-state index in [2.05, 4.69) is 10.5 Å². The molecule has 0 amide bonds. The van der Waals surface area contributed by atoms with Crippen LogP contribution in [0.1, 0.15) is 82.3 Å². The smallest absolute Gasteiger partial charge is 0.351 e. The third-order valence-electron chi connectivity index (χ3n) is 5.97. The first-order valence-electron chi connectivity index (χ1n) is 13.8. The number of oxime groups is 1. The van der Waals surface area contributed by atoms with Crippen molar-refractivity contribution in [3.8, 4) is 5.75 Å². The molecule has 13 nitrogen and oxygen atoms in total.